The number of ether oxygens (including phenoxy) is 1. The third-order valence-electron chi connectivity index (χ3n) is 5.31. The van der Waals surface area contributed by atoms with Crippen LogP contribution >= 0.6 is 11.3 Å². The van der Waals surface area contributed by atoms with Crippen LogP contribution in [0, 0.1) is 18.3 Å². The monoisotopic (exact) mass is 473 g/mol. The highest BCUT2D eigenvalue weighted by Crippen LogP contribution is 2.22. The van der Waals surface area contributed by atoms with E-state index < -0.39 is 5.91 Å². The fraction of sp³-hybridized carbons (Fsp3) is 0.321. The smallest absolute Gasteiger partial charge is 0.268 e. The molecule has 0 atom stereocenters. The summed E-state index contributed by atoms with van der Waals surface area (Å²) in [5.41, 5.74) is 3.20. The molecule has 5 nitrogen and oxygen atoms in total. The Bertz CT molecular complexity index is 1140. The number of anilines is 1. The number of rotatable bonds is 12. The quantitative estimate of drug-likeness (QED) is 0.176. The van der Waals surface area contributed by atoms with Crippen molar-refractivity contribution in [1.82, 2.24) is 4.98 Å². The minimum Gasteiger partial charge on any atom is -0.494 e. The Hall–Kier alpha value is -3.43. The maximum Gasteiger partial charge on any atom is 0.268 e. The largest absolute Gasteiger partial charge is 0.494 e. The van der Waals surface area contributed by atoms with Gasteiger partial charge in [-0.3, -0.25) is 10.1 Å². The molecule has 0 aliphatic heterocycles. The van der Waals surface area contributed by atoms with Crippen LogP contribution in [0.5, 0.6) is 5.75 Å². The number of amides is 1. The van der Waals surface area contributed by atoms with Crippen molar-refractivity contribution in [1.29, 1.82) is 5.26 Å². The van der Waals surface area contributed by atoms with E-state index in [-0.39, 0.29) is 5.57 Å². The van der Waals surface area contributed by atoms with Crippen molar-refractivity contribution in [2.75, 3.05) is 11.9 Å². The highest BCUT2D eigenvalue weighted by molar-refractivity contribution is 7.15. The van der Waals surface area contributed by atoms with Gasteiger partial charge in [0.05, 0.1) is 6.61 Å². The highest BCUT2D eigenvalue weighted by atomic mass is 32.1. The maximum absolute atomic E-state index is 12.6. The first kappa shape index (κ1) is 25.2. The summed E-state index contributed by atoms with van der Waals surface area (Å²) in [6, 6.07) is 17.7. The fourth-order valence-electron chi connectivity index (χ4n) is 3.51. The molecule has 34 heavy (non-hydrogen) atoms. The summed E-state index contributed by atoms with van der Waals surface area (Å²) in [7, 11) is 0. The molecular formula is C28H31N3O2S. The van der Waals surface area contributed by atoms with E-state index in [2.05, 4.69) is 42.3 Å². The molecule has 3 aromatic rings. The number of unbranched alkanes of at least 4 members (excludes halogenated alkanes) is 4. The van der Waals surface area contributed by atoms with E-state index in [4.69, 9.17) is 4.74 Å². The third-order valence-corrected chi connectivity index (χ3v) is 6.22. The number of thiazole rings is 1. The SMILES string of the molecule is CCCCCCCOc1ccc(/C=C(\C#N)C(=O)Nc2ncc(Cc3cccc(C)c3)s2)cc1. The van der Waals surface area contributed by atoms with Crippen molar-refractivity contribution in [2.24, 2.45) is 0 Å². The summed E-state index contributed by atoms with van der Waals surface area (Å²) < 4.78 is 5.78. The Morgan fingerprint density at radius 1 is 1.15 bits per heavy atom. The molecule has 1 aromatic heterocycles. The molecule has 3 rings (SSSR count). The van der Waals surface area contributed by atoms with Crippen LogP contribution in [0.3, 0.4) is 0 Å². The lowest BCUT2D eigenvalue weighted by Crippen LogP contribution is -2.13. The standard InChI is InChI=1S/C28H31N3O2S/c1-3-4-5-6-7-15-33-25-13-11-22(12-14-25)17-24(19-29)27(32)31-28-30-20-26(34-28)18-23-10-8-9-21(2)16-23/h8-14,16-17,20H,3-7,15,18H2,1-2H3,(H,30,31,32)/b24-17+. The average Bonchev–Trinajstić information content (AvgIpc) is 3.27. The second kappa shape index (κ2) is 13.3. The molecule has 0 bridgehead atoms. The topological polar surface area (TPSA) is 75.0 Å². The summed E-state index contributed by atoms with van der Waals surface area (Å²) in [6.07, 6.45) is 10.1. The Balaban J connectivity index is 1.53. The van der Waals surface area contributed by atoms with Gasteiger partial charge in [0.15, 0.2) is 5.13 Å². The van der Waals surface area contributed by atoms with Crippen LogP contribution in [0.1, 0.15) is 60.6 Å². The minimum atomic E-state index is -0.466. The van der Waals surface area contributed by atoms with Gasteiger partial charge in [-0.25, -0.2) is 4.98 Å². The molecule has 0 saturated carbocycles. The number of aryl methyl sites for hydroxylation is 1. The molecule has 0 unspecified atom stereocenters. The molecule has 0 saturated heterocycles. The fourth-order valence-corrected chi connectivity index (χ4v) is 4.35. The minimum absolute atomic E-state index is 0.0278. The Labute approximate surface area is 206 Å². The number of hydrogen-bond donors (Lipinski definition) is 1. The number of hydrogen-bond acceptors (Lipinski definition) is 5. The molecule has 2 aromatic carbocycles. The zero-order chi connectivity index (χ0) is 24.2. The average molecular weight is 474 g/mol. The number of nitrogens with one attached hydrogen (secondary N) is 1. The lowest BCUT2D eigenvalue weighted by molar-refractivity contribution is -0.112. The first-order valence-corrected chi connectivity index (χ1v) is 12.6. The van der Waals surface area contributed by atoms with Crippen LogP contribution in [0.2, 0.25) is 0 Å². The van der Waals surface area contributed by atoms with Crippen LogP contribution in [0.25, 0.3) is 6.08 Å². The molecule has 0 radical (unpaired) electrons. The molecule has 0 aliphatic rings. The normalized spacial score (nSPS) is 11.1. The number of benzene rings is 2. The van der Waals surface area contributed by atoms with Crippen LogP contribution in [0.15, 0.2) is 60.3 Å². The van der Waals surface area contributed by atoms with Crippen molar-refractivity contribution in [3.63, 3.8) is 0 Å². The number of nitriles is 1. The predicted molar refractivity (Wildman–Crippen MR) is 139 cm³/mol. The summed E-state index contributed by atoms with van der Waals surface area (Å²) in [6.45, 7) is 4.97. The van der Waals surface area contributed by atoms with Gasteiger partial charge in [-0.1, -0.05) is 74.6 Å². The summed E-state index contributed by atoms with van der Waals surface area (Å²) in [5, 5.41) is 12.7. The number of carbonyl (C=O) groups excluding carboxylic acids is 1. The van der Waals surface area contributed by atoms with Gasteiger partial charge < -0.3 is 4.74 Å². The van der Waals surface area contributed by atoms with Gasteiger partial charge in [-0.05, 0) is 42.7 Å². The summed E-state index contributed by atoms with van der Waals surface area (Å²) >= 11 is 1.42. The zero-order valence-corrected chi connectivity index (χ0v) is 20.7. The van der Waals surface area contributed by atoms with E-state index >= 15 is 0 Å². The Kier molecular flexibility index (Phi) is 9.87. The number of nitrogens with zero attached hydrogens (tertiary/aromatic N) is 2. The second-order valence-electron chi connectivity index (χ2n) is 8.25. The third kappa shape index (κ3) is 8.17. The van der Waals surface area contributed by atoms with Crippen molar-refractivity contribution >= 4 is 28.5 Å². The van der Waals surface area contributed by atoms with E-state index in [0.717, 1.165) is 29.0 Å². The van der Waals surface area contributed by atoms with E-state index in [1.54, 1.807) is 12.3 Å². The Morgan fingerprint density at radius 3 is 2.68 bits per heavy atom. The van der Waals surface area contributed by atoms with Gasteiger partial charge in [-0.2, -0.15) is 5.26 Å². The van der Waals surface area contributed by atoms with Gasteiger partial charge >= 0.3 is 0 Å². The molecule has 176 valence electrons. The van der Waals surface area contributed by atoms with Crippen molar-refractivity contribution < 1.29 is 9.53 Å². The molecule has 0 aliphatic carbocycles. The Morgan fingerprint density at radius 2 is 1.94 bits per heavy atom. The van der Waals surface area contributed by atoms with Crippen molar-refractivity contribution in [2.45, 2.75) is 52.4 Å². The molecule has 0 fully saturated rings. The number of aromatic nitrogens is 1. The van der Waals surface area contributed by atoms with Gasteiger partial charge in [-0.15, -0.1) is 11.3 Å². The number of carbonyl (C=O) groups is 1. The first-order valence-electron chi connectivity index (χ1n) is 11.7. The molecular weight excluding hydrogens is 442 g/mol. The van der Waals surface area contributed by atoms with Crippen LogP contribution < -0.4 is 10.1 Å². The van der Waals surface area contributed by atoms with Crippen molar-refractivity contribution in [3.8, 4) is 11.8 Å². The lowest BCUT2D eigenvalue weighted by Gasteiger charge is -2.06. The molecule has 6 heteroatoms. The van der Waals surface area contributed by atoms with Gasteiger partial charge in [0.25, 0.3) is 5.91 Å². The van der Waals surface area contributed by atoms with Crippen molar-refractivity contribution in [3.05, 3.63) is 81.9 Å². The van der Waals surface area contributed by atoms with Crippen LogP contribution in [0.4, 0.5) is 5.13 Å². The molecule has 1 amide bonds. The second-order valence-corrected chi connectivity index (χ2v) is 9.37. The zero-order valence-electron chi connectivity index (χ0n) is 19.8. The van der Waals surface area contributed by atoms with E-state index in [0.29, 0.717) is 11.7 Å². The molecule has 1 N–H and O–H groups in total. The van der Waals surface area contributed by atoms with Gasteiger partial charge in [0.2, 0.25) is 0 Å². The lowest BCUT2D eigenvalue weighted by atomic mass is 10.1. The predicted octanol–water partition coefficient (Wildman–Crippen LogP) is 6.94. The van der Waals surface area contributed by atoms with Crippen LogP contribution in [-0.2, 0) is 11.2 Å². The highest BCUT2D eigenvalue weighted by Gasteiger charge is 2.12. The van der Waals surface area contributed by atoms with Gasteiger partial charge in [0.1, 0.15) is 17.4 Å². The summed E-state index contributed by atoms with van der Waals surface area (Å²) in [4.78, 5) is 18.0. The van der Waals surface area contributed by atoms with Crippen LogP contribution in [-0.4, -0.2) is 17.5 Å². The van der Waals surface area contributed by atoms with E-state index in [9.17, 15) is 10.1 Å². The van der Waals surface area contributed by atoms with E-state index in [1.165, 1.54) is 48.1 Å². The molecule has 1 heterocycles. The van der Waals surface area contributed by atoms with E-state index in [1.807, 2.05) is 36.4 Å². The summed E-state index contributed by atoms with van der Waals surface area (Å²) in [5.74, 6) is 0.325. The molecule has 0 spiro atoms. The first-order chi connectivity index (χ1) is 16.6. The van der Waals surface area contributed by atoms with Gasteiger partial charge in [0, 0.05) is 17.5 Å². The maximum atomic E-state index is 12.6.